The maximum atomic E-state index is 14.6. The molecule has 2 aromatic carbocycles. The Morgan fingerprint density at radius 2 is 1.11 bits per heavy atom. The summed E-state index contributed by atoms with van der Waals surface area (Å²) in [5.74, 6) is 12.2. The van der Waals surface area contributed by atoms with E-state index in [1.807, 2.05) is 70.3 Å². The Hall–Kier alpha value is -4.66. The average molecular weight is 1040 g/mol. The lowest BCUT2D eigenvalue weighted by Gasteiger charge is -2.35. The SMILES string of the molecule is CN[C@@H](C)C(=O)N[C@H]1CCS[C@H]2CC(C)(C)[C@@H](C(=O)N[C@H]3c4ccccc4C[C@H]3OCC#CC#CCO[C@@H]3Cc4ccccc4[C@@H]3NC(=O)C3N4C(=O)C(NC(=S)[C@H](C)NC)CCSC4CC3(C)C)N2C1=O. The number of hydrogen-bond acceptors (Lipinski definition) is 12. The normalized spacial score (nSPS) is 29.6. The Bertz CT molecular complexity index is 2370. The topological polar surface area (TPSA) is 182 Å². The molecule has 18 heteroatoms. The third kappa shape index (κ3) is 11.4. The van der Waals surface area contributed by atoms with Gasteiger partial charge in [-0.2, -0.15) is 0 Å². The van der Waals surface area contributed by atoms with Crippen molar-refractivity contribution in [1.29, 1.82) is 0 Å². The number of benzene rings is 2. The molecule has 4 heterocycles. The summed E-state index contributed by atoms with van der Waals surface area (Å²) >= 11 is 9.01. The molecule has 0 bridgehead atoms. The summed E-state index contributed by atoms with van der Waals surface area (Å²) in [5.41, 5.74) is 3.11. The summed E-state index contributed by atoms with van der Waals surface area (Å²) < 4.78 is 12.7. The molecule has 2 aromatic rings. The number of rotatable bonds is 14. The Balaban J connectivity index is 0.889. The molecule has 6 N–H and O–H groups in total. The first-order valence-electron chi connectivity index (χ1n) is 25.2. The summed E-state index contributed by atoms with van der Waals surface area (Å²) in [6.07, 6.45) is 2.83. The van der Waals surface area contributed by atoms with E-state index in [-0.39, 0.29) is 65.6 Å². The van der Waals surface area contributed by atoms with Gasteiger partial charge in [0.2, 0.25) is 29.5 Å². The number of ether oxygens (including phenoxy) is 2. The molecule has 386 valence electrons. The van der Waals surface area contributed by atoms with Gasteiger partial charge in [-0.15, -0.1) is 23.5 Å². The van der Waals surface area contributed by atoms with Gasteiger partial charge in [0.15, 0.2) is 0 Å². The standard InChI is InChI=1S/C54H70N8O7S3/c1-31(55-7)47(63)57-37-21-25-71-41-29-53(3,4)45(61(41)51(37)66)48(64)59-43-35-19-13-11-17-33(35)27-39(43)68-23-15-9-10-16-24-69-40-28-34-18-12-14-20-36(34)44(40)60-49(65)46-54(5,6)30-42-62(46)52(67)38(22-26-72-42)58-50(70)32(2)56-8/h11-14,17-20,31-32,37-46,55-56H,21-30H2,1-8H3,(H,57,63)(H,58,70)(H,59,64)(H,60,65)/t31-,32-,37-,38?,39+,40+,41-,42?,43-,44-,45+,46?/m0/s1. The fourth-order valence-corrected chi connectivity index (χ4v) is 14.7. The first-order chi connectivity index (χ1) is 34.4. The number of carbonyl (C=O) groups is 5. The van der Waals surface area contributed by atoms with E-state index in [0.29, 0.717) is 49.3 Å². The number of thioether (sulfide) groups is 2. The highest BCUT2D eigenvalue weighted by molar-refractivity contribution is 8.00. The summed E-state index contributed by atoms with van der Waals surface area (Å²) in [7, 11) is 3.53. The van der Waals surface area contributed by atoms with Gasteiger partial charge in [0, 0.05) is 12.8 Å². The molecule has 0 radical (unpaired) electrons. The van der Waals surface area contributed by atoms with Gasteiger partial charge in [-0.25, -0.2) is 0 Å². The van der Waals surface area contributed by atoms with Gasteiger partial charge in [-0.05, 0) is 110 Å². The van der Waals surface area contributed by atoms with Crippen molar-refractivity contribution in [1.82, 2.24) is 41.7 Å². The number of amides is 5. The van der Waals surface area contributed by atoms with Crippen molar-refractivity contribution in [3.63, 3.8) is 0 Å². The van der Waals surface area contributed by atoms with Crippen LogP contribution in [0.2, 0.25) is 0 Å². The smallest absolute Gasteiger partial charge is 0.246 e. The van der Waals surface area contributed by atoms with E-state index in [2.05, 4.69) is 75.5 Å². The number of carbonyl (C=O) groups excluding carboxylic acids is 5. The molecule has 6 aliphatic rings. The molecule has 0 aromatic heterocycles. The number of hydrogen-bond donors (Lipinski definition) is 6. The van der Waals surface area contributed by atoms with Crippen LogP contribution in [0, 0.1) is 34.5 Å². The third-order valence-electron chi connectivity index (χ3n) is 15.3. The monoisotopic (exact) mass is 1040 g/mol. The van der Waals surface area contributed by atoms with E-state index in [1.54, 1.807) is 47.3 Å². The van der Waals surface area contributed by atoms with Crippen LogP contribution in [-0.4, -0.2) is 142 Å². The van der Waals surface area contributed by atoms with Crippen molar-refractivity contribution in [2.45, 2.75) is 151 Å². The van der Waals surface area contributed by atoms with Gasteiger partial charge in [0.1, 0.15) is 37.4 Å². The third-order valence-corrected chi connectivity index (χ3v) is 18.3. The number of nitrogens with one attached hydrogen (secondary N) is 6. The molecule has 5 amide bonds. The van der Waals surface area contributed by atoms with Gasteiger partial charge >= 0.3 is 0 Å². The molecular formula is C54H70N8O7S3. The fraction of sp³-hybridized carbons (Fsp3) is 0.593. The molecule has 8 rings (SSSR count). The van der Waals surface area contributed by atoms with Crippen LogP contribution in [0.25, 0.3) is 0 Å². The van der Waals surface area contributed by atoms with Crippen LogP contribution in [0.4, 0.5) is 0 Å². The molecule has 0 saturated carbocycles. The molecule has 4 aliphatic heterocycles. The quantitative estimate of drug-likeness (QED) is 0.119. The van der Waals surface area contributed by atoms with E-state index in [9.17, 15) is 24.0 Å². The molecular weight excluding hydrogens is 969 g/mol. The van der Waals surface area contributed by atoms with E-state index in [0.717, 1.165) is 28.0 Å². The van der Waals surface area contributed by atoms with E-state index < -0.39 is 59.2 Å². The van der Waals surface area contributed by atoms with Gasteiger partial charge < -0.3 is 51.2 Å². The summed E-state index contributed by atoms with van der Waals surface area (Å²) in [4.78, 5) is 74.5. The maximum absolute atomic E-state index is 14.6. The highest BCUT2D eigenvalue weighted by Gasteiger charge is 2.57. The van der Waals surface area contributed by atoms with Gasteiger partial charge in [0.05, 0.1) is 52.1 Å². The number of nitrogens with zero attached hydrogens (tertiary/aromatic N) is 2. The molecule has 3 unspecified atom stereocenters. The first-order valence-corrected chi connectivity index (χ1v) is 27.7. The van der Waals surface area contributed by atoms with Crippen LogP contribution >= 0.6 is 35.7 Å². The van der Waals surface area contributed by atoms with Crippen molar-refractivity contribution in [2.75, 3.05) is 38.8 Å². The zero-order valence-electron chi connectivity index (χ0n) is 42.6. The molecule has 0 spiro atoms. The van der Waals surface area contributed by atoms with Crippen molar-refractivity contribution in [2.24, 2.45) is 10.8 Å². The zero-order chi connectivity index (χ0) is 51.5. The van der Waals surface area contributed by atoms with Crippen molar-refractivity contribution < 1.29 is 33.4 Å². The second-order valence-electron chi connectivity index (χ2n) is 21.1. The molecule has 4 saturated heterocycles. The van der Waals surface area contributed by atoms with Crippen LogP contribution in [0.3, 0.4) is 0 Å². The van der Waals surface area contributed by atoms with E-state index in [1.165, 1.54) is 0 Å². The lowest BCUT2D eigenvalue weighted by atomic mass is 9.83. The molecule has 2 aliphatic carbocycles. The predicted octanol–water partition coefficient (Wildman–Crippen LogP) is 3.76. The van der Waals surface area contributed by atoms with Crippen molar-refractivity contribution in [3.8, 4) is 23.7 Å². The minimum Gasteiger partial charge on any atom is -0.367 e. The Morgan fingerprint density at radius 3 is 1.56 bits per heavy atom. The maximum Gasteiger partial charge on any atom is 0.246 e. The van der Waals surface area contributed by atoms with Gasteiger partial charge in [-0.3, -0.25) is 24.0 Å². The Kier molecular flexibility index (Phi) is 17.0. The molecule has 12 atom stereocenters. The van der Waals surface area contributed by atoms with Gasteiger partial charge in [-0.1, -0.05) is 100 Å². The highest BCUT2D eigenvalue weighted by atomic mass is 32.2. The van der Waals surface area contributed by atoms with Gasteiger partial charge in [0.25, 0.3) is 0 Å². The number of likely N-dealkylation sites (N-methyl/N-ethyl adjacent to an activating group) is 2. The zero-order valence-corrected chi connectivity index (χ0v) is 45.0. The summed E-state index contributed by atoms with van der Waals surface area (Å²) in [6.45, 7) is 12.0. The minimum absolute atomic E-state index is 0.0756. The lowest BCUT2D eigenvalue weighted by Crippen LogP contribution is -2.58. The van der Waals surface area contributed by atoms with E-state index in [4.69, 9.17) is 21.7 Å². The van der Waals surface area contributed by atoms with Crippen LogP contribution in [-0.2, 0) is 46.3 Å². The number of thiocarbonyl (C=S) groups is 1. The molecule has 72 heavy (non-hydrogen) atoms. The first kappa shape index (κ1) is 53.6. The molecule has 15 nitrogen and oxygen atoms in total. The second kappa shape index (κ2) is 22.8. The Labute approximate surface area is 438 Å². The van der Waals surface area contributed by atoms with Crippen LogP contribution in [0.1, 0.15) is 102 Å². The van der Waals surface area contributed by atoms with Crippen LogP contribution in [0.15, 0.2) is 48.5 Å². The van der Waals surface area contributed by atoms with E-state index >= 15 is 0 Å². The Morgan fingerprint density at radius 1 is 0.681 bits per heavy atom. The van der Waals surface area contributed by atoms with Crippen LogP contribution in [0.5, 0.6) is 0 Å². The predicted molar refractivity (Wildman–Crippen MR) is 285 cm³/mol. The van der Waals surface area contributed by atoms with Crippen molar-refractivity contribution in [3.05, 3.63) is 70.8 Å². The lowest BCUT2D eigenvalue weighted by molar-refractivity contribution is -0.144. The largest absolute Gasteiger partial charge is 0.367 e. The highest BCUT2D eigenvalue weighted by Crippen LogP contribution is 2.48. The average Bonchev–Trinajstić information content (AvgIpc) is 3.99. The summed E-state index contributed by atoms with van der Waals surface area (Å²) in [6, 6.07) is 11.8. The second-order valence-corrected chi connectivity index (χ2v) is 24.1. The number of fused-ring (bicyclic) bond motifs is 4. The fourth-order valence-electron chi connectivity index (χ4n) is 11.2. The minimum atomic E-state index is -0.748. The summed E-state index contributed by atoms with van der Waals surface area (Å²) in [5, 5.41) is 18.6. The molecule has 4 fully saturated rings. The van der Waals surface area contributed by atoms with Crippen LogP contribution < -0.4 is 31.9 Å². The van der Waals surface area contributed by atoms with Crippen molar-refractivity contribution >= 4 is 70.3 Å².